The molecule has 0 aromatic heterocycles. The molecule has 1 aliphatic rings. The number of carboxylic acid groups (broad SMARTS) is 1. The highest BCUT2D eigenvalue weighted by atomic mass is 16.5. The summed E-state index contributed by atoms with van der Waals surface area (Å²) in [7, 11) is 1.58. The number of rotatable bonds is 6. The van der Waals surface area contributed by atoms with Gasteiger partial charge in [-0.3, -0.25) is 9.59 Å². The molecule has 0 saturated carbocycles. The first-order valence-corrected chi connectivity index (χ1v) is 8.03. The van der Waals surface area contributed by atoms with Gasteiger partial charge in [-0.05, 0) is 30.5 Å². The predicted molar refractivity (Wildman–Crippen MR) is 90.5 cm³/mol. The van der Waals surface area contributed by atoms with E-state index < -0.39 is 11.9 Å². The number of nitriles is 1. The molecule has 25 heavy (non-hydrogen) atoms. The molecule has 1 aromatic carbocycles. The maximum atomic E-state index is 12.2. The molecule has 0 radical (unpaired) electrons. The van der Waals surface area contributed by atoms with E-state index in [1.54, 1.807) is 19.2 Å². The van der Waals surface area contributed by atoms with E-state index in [9.17, 15) is 14.9 Å². The third kappa shape index (κ3) is 5.24. The third-order valence-corrected chi connectivity index (χ3v) is 4.17. The van der Waals surface area contributed by atoms with Crippen LogP contribution >= 0.6 is 0 Å². The van der Waals surface area contributed by atoms with Gasteiger partial charge in [-0.2, -0.15) is 5.26 Å². The standard InChI is InChI=1S/C18H21N3O4/c1-25-16-4-2-13(3-5-16)11-20-17(22)15(10-19)12-21-8-6-14(7-9-21)18(23)24/h2-5,12,14H,6-9,11H2,1H3,(H,20,22)(H,23,24)/b15-12-. The number of amides is 1. The Morgan fingerprint density at radius 1 is 1.36 bits per heavy atom. The van der Waals surface area contributed by atoms with Gasteiger partial charge in [0.05, 0.1) is 13.0 Å². The lowest BCUT2D eigenvalue weighted by Crippen LogP contribution is -2.34. The van der Waals surface area contributed by atoms with Crippen molar-refractivity contribution in [1.82, 2.24) is 10.2 Å². The first kappa shape index (κ1) is 18.3. The van der Waals surface area contributed by atoms with Gasteiger partial charge in [-0.1, -0.05) is 12.1 Å². The molecule has 0 aliphatic carbocycles. The van der Waals surface area contributed by atoms with Gasteiger partial charge in [-0.25, -0.2) is 0 Å². The lowest BCUT2D eigenvalue weighted by molar-refractivity contribution is -0.143. The van der Waals surface area contributed by atoms with Crippen LogP contribution in [-0.4, -0.2) is 42.1 Å². The van der Waals surface area contributed by atoms with Gasteiger partial charge >= 0.3 is 5.97 Å². The van der Waals surface area contributed by atoms with E-state index in [2.05, 4.69) is 5.32 Å². The summed E-state index contributed by atoms with van der Waals surface area (Å²) in [5.74, 6) is -0.850. The van der Waals surface area contributed by atoms with Gasteiger partial charge in [0.2, 0.25) is 0 Å². The van der Waals surface area contributed by atoms with Crippen LogP contribution in [0.25, 0.3) is 0 Å². The highest BCUT2D eigenvalue weighted by Gasteiger charge is 2.23. The second-order valence-electron chi connectivity index (χ2n) is 5.83. The molecule has 1 heterocycles. The zero-order chi connectivity index (χ0) is 18.2. The molecule has 0 bridgehead atoms. The number of carbonyl (C=O) groups excluding carboxylic acids is 1. The Morgan fingerprint density at radius 2 is 2.00 bits per heavy atom. The van der Waals surface area contributed by atoms with Gasteiger partial charge in [0.25, 0.3) is 5.91 Å². The zero-order valence-corrected chi connectivity index (χ0v) is 14.1. The van der Waals surface area contributed by atoms with Crippen LogP contribution in [-0.2, 0) is 16.1 Å². The number of carbonyl (C=O) groups is 2. The zero-order valence-electron chi connectivity index (χ0n) is 14.1. The SMILES string of the molecule is COc1ccc(CNC(=O)/C(C#N)=C\N2CCC(C(=O)O)CC2)cc1. The fraction of sp³-hybridized carbons (Fsp3) is 0.389. The minimum absolute atomic E-state index is 0.0160. The van der Waals surface area contributed by atoms with Crippen molar-refractivity contribution in [3.63, 3.8) is 0 Å². The molecule has 2 rings (SSSR count). The van der Waals surface area contributed by atoms with Gasteiger partial charge in [0, 0.05) is 25.8 Å². The number of carboxylic acids is 1. The van der Waals surface area contributed by atoms with E-state index in [0.29, 0.717) is 32.5 Å². The van der Waals surface area contributed by atoms with Crippen LogP contribution in [0.3, 0.4) is 0 Å². The van der Waals surface area contributed by atoms with Crippen LogP contribution in [0, 0.1) is 17.2 Å². The molecule has 1 aromatic rings. The van der Waals surface area contributed by atoms with Crippen LogP contribution < -0.4 is 10.1 Å². The van der Waals surface area contributed by atoms with Crippen LogP contribution in [0.5, 0.6) is 5.75 Å². The second-order valence-corrected chi connectivity index (χ2v) is 5.83. The second kappa shape index (κ2) is 8.73. The first-order valence-electron chi connectivity index (χ1n) is 8.03. The monoisotopic (exact) mass is 343 g/mol. The fourth-order valence-electron chi connectivity index (χ4n) is 2.62. The van der Waals surface area contributed by atoms with Gasteiger partial charge in [-0.15, -0.1) is 0 Å². The number of likely N-dealkylation sites (tertiary alicyclic amines) is 1. The summed E-state index contributed by atoms with van der Waals surface area (Å²) in [5, 5.41) is 20.9. The molecule has 1 fully saturated rings. The van der Waals surface area contributed by atoms with Crippen molar-refractivity contribution in [2.75, 3.05) is 20.2 Å². The van der Waals surface area contributed by atoms with Crippen molar-refractivity contribution < 1.29 is 19.4 Å². The number of hydrogen-bond donors (Lipinski definition) is 2. The summed E-state index contributed by atoms with van der Waals surface area (Å²) in [6, 6.07) is 9.19. The molecule has 1 amide bonds. The molecule has 7 nitrogen and oxygen atoms in total. The normalized spacial score (nSPS) is 15.4. The fourth-order valence-corrected chi connectivity index (χ4v) is 2.62. The number of nitrogens with zero attached hydrogens (tertiary/aromatic N) is 2. The Balaban J connectivity index is 1.89. The number of ether oxygens (including phenoxy) is 1. The molecule has 0 spiro atoms. The Bertz CT molecular complexity index is 683. The minimum atomic E-state index is -0.790. The van der Waals surface area contributed by atoms with Gasteiger partial charge < -0.3 is 20.1 Å². The predicted octanol–water partition coefficient (Wildman–Crippen LogP) is 1.52. The molecule has 0 atom stereocenters. The lowest BCUT2D eigenvalue weighted by atomic mass is 9.97. The largest absolute Gasteiger partial charge is 0.497 e. The maximum absolute atomic E-state index is 12.2. The number of benzene rings is 1. The topological polar surface area (TPSA) is 103 Å². The molecule has 0 unspecified atom stereocenters. The van der Waals surface area contributed by atoms with E-state index in [4.69, 9.17) is 9.84 Å². The number of piperidine rings is 1. The van der Waals surface area contributed by atoms with E-state index in [0.717, 1.165) is 11.3 Å². The number of aliphatic carboxylic acids is 1. The quantitative estimate of drug-likeness (QED) is 0.600. The van der Waals surface area contributed by atoms with Crippen molar-refractivity contribution >= 4 is 11.9 Å². The Kier molecular flexibility index (Phi) is 6.40. The van der Waals surface area contributed by atoms with E-state index in [1.165, 1.54) is 6.20 Å². The summed E-state index contributed by atoms with van der Waals surface area (Å²) < 4.78 is 5.08. The van der Waals surface area contributed by atoms with Crippen LogP contribution in [0.2, 0.25) is 0 Å². The Labute approximate surface area is 146 Å². The molecular formula is C18H21N3O4. The van der Waals surface area contributed by atoms with Crippen LogP contribution in [0.4, 0.5) is 0 Å². The molecule has 132 valence electrons. The van der Waals surface area contributed by atoms with Crippen molar-refractivity contribution in [2.24, 2.45) is 5.92 Å². The van der Waals surface area contributed by atoms with Crippen LogP contribution in [0.1, 0.15) is 18.4 Å². The average molecular weight is 343 g/mol. The van der Waals surface area contributed by atoms with E-state index in [1.807, 2.05) is 23.1 Å². The minimum Gasteiger partial charge on any atom is -0.497 e. The third-order valence-electron chi connectivity index (χ3n) is 4.17. The van der Waals surface area contributed by atoms with E-state index in [-0.39, 0.29) is 11.5 Å². The number of methoxy groups -OCH3 is 1. The average Bonchev–Trinajstić information content (AvgIpc) is 2.64. The molecule has 7 heteroatoms. The summed E-state index contributed by atoms with van der Waals surface area (Å²) >= 11 is 0. The van der Waals surface area contributed by atoms with Crippen molar-refractivity contribution in [2.45, 2.75) is 19.4 Å². The first-order chi connectivity index (χ1) is 12.0. The summed E-state index contributed by atoms with van der Waals surface area (Å²) in [5.41, 5.74) is 0.913. The molecule has 1 aliphatic heterocycles. The molecule has 2 N–H and O–H groups in total. The van der Waals surface area contributed by atoms with Gasteiger partial charge in [0.15, 0.2) is 0 Å². The van der Waals surface area contributed by atoms with Crippen molar-refractivity contribution in [3.8, 4) is 11.8 Å². The molecule has 1 saturated heterocycles. The lowest BCUT2D eigenvalue weighted by Gasteiger charge is -2.29. The summed E-state index contributed by atoms with van der Waals surface area (Å²) in [6.45, 7) is 1.35. The van der Waals surface area contributed by atoms with Crippen LogP contribution in [0.15, 0.2) is 36.0 Å². The highest BCUT2D eigenvalue weighted by Crippen LogP contribution is 2.18. The summed E-state index contributed by atoms with van der Waals surface area (Å²) in [6.07, 6.45) is 2.54. The molecular weight excluding hydrogens is 322 g/mol. The summed E-state index contributed by atoms with van der Waals surface area (Å²) in [4.78, 5) is 24.9. The van der Waals surface area contributed by atoms with E-state index >= 15 is 0 Å². The Morgan fingerprint density at radius 3 is 2.52 bits per heavy atom. The Hall–Kier alpha value is -3.01. The smallest absolute Gasteiger partial charge is 0.306 e. The van der Waals surface area contributed by atoms with Gasteiger partial charge in [0.1, 0.15) is 17.4 Å². The highest BCUT2D eigenvalue weighted by molar-refractivity contribution is 5.97. The number of nitrogens with one attached hydrogen (secondary N) is 1. The number of hydrogen-bond acceptors (Lipinski definition) is 5. The van der Waals surface area contributed by atoms with Crippen molar-refractivity contribution in [3.05, 3.63) is 41.6 Å². The maximum Gasteiger partial charge on any atom is 0.306 e. The van der Waals surface area contributed by atoms with Crippen molar-refractivity contribution in [1.29, 1.82) is 5.26 Å².